The molecule has 2 unspecified atom stereocenters. The van der Waals surface area contributed by atoms with E-state index in [1.807, 2.05) is 34.1 Å². The van der Waals surface area contributed by atoms with Crippen LogP contribution in [0.5, 0.6) is 11.5 Å². The highest BCUT2D eigenvalue weighted by Crippen LogP contribution is 2.54. The number of nitrogens with two attached hydrogens (primary N) is 2. The van der Waals surface area contributed by atoms with Gasteiger partial charge < -0.3 is 26.0 Å². The van der Waals surface area contributed by atoms with Gasteiger partial charge in [-0.3, -0.25) is 9.80 Å². The van der Waals surface area contributed by atoms with Crippen LogP contribution in [0.4, 0.5) is 9.59 Å². The zero-order valence-electron chi connectivity index (χ0n) is 37.5. The minimum Gasteiger partial charge on any atom is -0.457 e. The summed E-state index contributed by atoms with van der Waals surface area (Å²) in [5.41, 5.74) is 20.5. The van der Waals surface area contributed by atoms with Crippen LogP contribution in [-0.2, 0) is 0 Å². The lowest BCUT2D eigenvalue weighted by Gasteiger charge is -2.40. The third-order valence-corrected chi connectivity index (χ3v) is 16.8. The Labute approximate surface area is 375 Å². The minimum atomic E-state index is -0.346. The lowest BCUT2D eigenvalue weighted by Crippen LogP contribution is -2.46. The molecule has 4 bridgehead atoms. The maximum Gasteiger partial charge on any atom is 0.315 e. The SMILES string of the molecule is CC(c1ccc(Oc2ccc(C(C)N(C(N)=O)C3CCC(CCN4[C@@H]5CC[C@H]4c4ccccc45)CC3)cc2)cc1)N(C(N)=O)C1CCC(CCN2[C@@H]3CC[C@H]2c2ccccc23)CC1. The highest BCUT2D eigenvalue weighted by Gasteiger charge is 2.45. The van der Waals surface area contributed by atoms with Crippen LogP contribution in [0.2, 0.25) is 0 Å². The largest absolute Gasteiger partial charge is 0.457 e. The molecule has 0 radical (unpaired) electrons. The van der Waals surface area contributed by atoms with Crippen LogP contribution < -0.4 is 16.2 Å². The van der Waals surface area contributed by atoms with Crippen molar-refractivity contribution >= 4 is 12.1 Å². The summed E-state index contributed by atoms with van der Waals surface area (Å²) in [6.45, 7) is 6.51. The van der Waals surface area contributed by atoms with Crippen LogP contribution in [0.3, 0.4) is 0 Å². The number of fused-ring (bicyclic) bond motifs is 10. The van der Waals surface area contributed by atoms with E-state index in [0.29, 0.717) is 36.0 Å². The molecule has 63 heavy (non-hydrogen) atoms. The average Bonchev–Trinajstić information content (AvgIpc) is 4.07. The number of urea groups is 2. The van der Waals surface area contributed by atoms with Crippen molar-refractivity contribution in [2.45, 2.75) is 152 Å². The number of hydrogen-bond donors (Lipinski definition) is 2. The summed E-state index contributed by atoms with van der Waals surface area (Å²) >= 11 is 0. The molecule has 2 aliphatic carbocycles. The minimum absolute atomic E-state index is 0.135. The van der Waals surface area contributed by atoms with Gasteiger partial charge in [-0.15, -0.1) is 0 Å². The van der Waals surface area contributed by atoms with E-state index in [1.165, 1.54) is 51.6 Å². The maximum absolute atomic E-state index is 12.9. The monoisotopic (exact) mass is 849 g/mol. The number of primary amides is 2. The van der Waals surface area contributed by atoms with Crippen molar-refractivity contribution in [3.05, 3.63) is 130 Å². The first-order valence-corrected chi connectivity index (χ1v) is 24.4. The molecule has 4 aromatic rings. The Kier molecular flexibility index (Phi) is 12.0. The number of benzene rings is 4. The van der Waals surface area contributed by atoms with E-state index in [4.69, 9.17) is 16.2 Å². The standard InChI is InChI=1S/C54H68N6O3/c1-35(59(53(55)61)41-19-11-37(12-20-41)31-33-57-49-27-28-50(57)46-8-4-3-7-45(46)49)39-15-23-43(24-16-39)63-44-25-17-40(18-26-44)36(2)60(54(56)62)42-21-13-38(14-22-42)32-34-58-51-29-30-52(58)48-10-6-5-9-47(48)51/h3-10,15-18,23-26,35-38,41-42,49-52H,11-14,19-22,27-34H2,1-2H3,(H2,55,61)(H2,56,62)/t35?,36?,37?,38?,41?,42?,49-,50+,51-,52+. The fourth-order valence-corrected chi connectivity index (χ4v) is 13.5. The van der Waals surface area contributed by atoms with E-state index in [-0.39, 0.29) is 36.2 Å². The van der Waals surface area contributed by atoms with Crippen molar-refractivity contribution in [3.63, 3.8) is 0 Å². The number of rotatable bonds is 14. The van der Waals surface area contributed by atoms with Crippen molar-refractivity contribution < 1.29 is 14.3 Å². The molecule has 4 N–H and O–H groups in total. The Morgan fingerprint density at radius 2 is 0.825 bits per heavy atom. The first kappa shape index (κ1) is 42.1. The molecule has 332 valence electrons. The second-order valence-electron chi connectivity index (χ2n) is 20.0. The number of amides is 4. The number of ether oxygens (including phenoxy) is 1. The highest BCUT2D eigenvalue weighted by atomic mass is 16.5. The first-order valence-electron chi connectivity index (χ1n) is 24.4. The van der Waals surface area contributed by atoms with Gasteiger partial charge in [0.15, 0.2) is 0 Å². The van der Waals surface area contributed by atoms with Gasteiger partial charge in [-0.25, -0.2) is 9.59 Å². The van der Waals surface area contributed by atoms with Gasteiger partial charge in [-0.05, 0) is 186 Å². The van der Waals surface area contributed by atoms with E-state index in [9.17, 15) is 9.59 Å². The van der Waals surface area contributed by atoms with Crippen molar-refractivity contribution in [1.82, 2.24) is 19.6 Å². The first-order chi connectivity index (χ1) is 30.7. The molecular formula is C54H68N6O3. The van der Waals surface area contributed by atoms with E-state index in [1.54, 1.807) is 22.3 Å². The van der Waals surface area contributed by atoms with Gasteiger partial charge in [-0.2, -0.15) is 0 Å². The molecular weight excluding hydrogens is 781 g/mol. The van der Waals surface area contributed by atoms with E-state index in [2.05, 4.69) is 96.4 Å². The summed E-state index contributed by atoms with van der Waals surface area (Å²) < 4.78 is 6.29. The molecule has 6 aliphatic rings. The van der Waals surface area contributed by atoms with Crippen LogP contribution >= 0.6 is 0 Å². The summed E-state index contributed by atoms with van der Waals surface area (Å²) in [7, 11) is 0. The molecule has 4 aliphatic heterocycles. The highest BCUT2D eigenvalue weighted by molar-refractivity contribution is 5.73. The van der Waals surface area contributed by atoms with E-state index < -0.39 is 0 Å². The second kappa shape index (κ2) is 18.0. The van der Waals surface area contributed by atoms with Crippen LogP contribution in [-0.4, -0.2) is 56.8 Å². The molecule has 9 heteroatoms. The molecule has 4 fully saturated rings. The summed E-state index contributed by atoms with van der Waals surface area (Å²) in [6.07, 6.45) is 16.1. The molecule has 4 amide bonds. The van der Waals surface area contributed by atoms with E-state index in [0.717, 1.165) is 74.0 Å². The molecule has 4 aromatic carbocycles. The number of hydrogen-bond acceptors (Lipinski definition) is 5. The third-order valence-electron chi connectivity index (χ3n) is 16.8. The fourth-order valence-electron chi connectivity index (χ4n) is 13.5. The lowest BCUT2D eigenvalue weighted by atomic mass is 9.82. The molecule has 4 heterocycles. The van der Waals surface area contributed by atoms with Crippen molar-refractivity contribution in [1.29, 1.82) is 0 Å². The smallest absolute Gasteiger partial charge is 0.315 e. The molecule has 9 nitrogen and oxygen atoms in total. The van der Waals surface area contributed by atoms with Crippen LogP contribution in [0.25, 0.3) is 0 Å². The van der Waals surface area contributed by atoms with Gasteiger partial charge in [0, 0.05) is 36.3 Å². The predicted molar refractivity (Wildman–Crippen MR) is 249 cm³/mol. The Morgan fingerprint density at radius 1 is 0.508 bits per heavy atom. The normalized spacial score (nSPS) is 28.3. The van der Waals surface area contributed by atoms with Crippen molar-refractivity contribution in [2.24, 2.45) is 23.3 Å². The summed E-state index contributed by atoms with van der Waals surface area (Å²) in [6, 6.07) is 36.0. The van der Waals surface area contributed by atoms with Crippen molar-refractivity contribution in [3.8, 4) is 11.5 Å². The summed E-state index contributed by atoms with van der Waals surface area (Å²) in [4.78, 5) is 35.3. The number of carbonyl (C=O) groups is 2. The average molecular weight is 849 g/mol. The van der Waals surface area contributed by atoms with Gasteiger partial charge in [-0.1, -0.05) is 72.8 Å². The van der Waals surface area contributed by atoms with Crippen LogP contribution in [0, 0.1) is 11.8 Å². The predicted octanol–water partition coefficient (Wildman–Crippen LogP) is 12.0. The van der Waals surface area contributed by atoms with Gasteiger partial charge >= 0.3 is 12.1 Å². The zero-order valence-corrected chi connectivity index (χ0v) is 37.5. The zero-order chi connectivity index (χ0) is 43.2. The maximum atomic E-state index is 12.9. The fraction of sp³-hybridized carbons (Fsp3) is 0.519. The van der Waals surface area contributed by atoms with E-state index >= 15 is 0 Å². The Hall–Kier alpha value is -4.86. The summed E-state index contributed by atoms with van der Waals surface area (Å²) in [5, 5.41) is 0. The molecule has 2 saturated heterocycles. The second-order valence-corrected chi connectivity index (χ2v) is 20.0. The Morgan fingerprint density at radius 3 is 1.13 bits per heavy atom. The lowest BCUT2D eigenvalue weighted by molar-refractivity contribution is 0.116. The molecule has 0 spiro atoms. The summed E-state index contributed by atoms with van der Waals surface area (Å²) in [5.74, 6) is 2.84. The topological polar surface area (TPSA) is 108 Å². The molecule has 6 atom stereocenters. The van der Waals surface area contributed by atoms with Gasteiger partial charge in [0.05, 0.1) is 12.1 Å². The molecule has 10 rings (SSSR count). The van der Waals surface area contributed by atoms with Crippen molar-refractivity contribution in [2.75, 3.05) is 13.1 Å². The van der Waals surface area contributed by atoms with Gasteiger partial charge in [0.2, 0.25) is 0 Å². The quantitative estimate of drug-likeness (QED) is 0.131. The Bertz CT molecular complexity index is 2010. The Balaban J connectivity index is 0.685. The van der Waals surface area contributed by atoms with Crippen LogP contribution in [0.15, 0.2) is 97.1 Å². The number of carbonyl (C=O) groups excluding carboxylic acids is 2. The van der Waals surface area contributed by atoms with Gasteiger partial charge in [0.1, 0.15) is 11.5 Å². The van der Waals surface area contributed by atoms with Crippen LogP contribution in [0.1, 0.15) is 173 Å². The van der Waals surface area contributed by atoms with Gasteiger partial charge in [0.25, 0.3) is 0 Å². The number of nitrogens with zero attached hydrogens (tertiary/aromatic N) is 4. The third kappa shape index (κ3) is 8.25. The molecule has 2 saturated carbocycles. The molecule has 0 aromatic heterocycles.